The van der Waals surface area contributed by atoms with Crippen molar-refractivity contribution in [3.05, 3.63) is 95.1 Å². The summed E-state index contributed by atoms with van der Waals surface area (Å²) in [6.07, 6.45) is 5.87. The Morgan fingerprint density at radius 3 is 1.76 bits per heavy atom. The van der Waals surface area contributed by atoms with Gasteiger partial charge in [-0.1, -0.05) is 48.6 Å². The van der Waals surface area contributed by atoms with E-state index in [1.165, 1.54) is 12.1 Å². The Morgan fingerprint density at radius 2 is 1.19 bits per heavy atom. The number of nitrogens with zero attached hydrogens (tertiary/aromatic N) is 4. The van der Waals surface area contributed by atoms with Crippen molar-refractivity contribution in [2.75, 3.05) is 97.4 Å². The largest absolute Gasteiger partial charge is 0.481 e. The average Bonchev–Trinajstić information content (AvgIpc) is 3.65. The number of urea groups is 1. The van der Waals surface area contributed by atoms with Gasteiger partial charge in [0.05, 0.1) is 64.2 Å². The van der Waals surface area contributed by atoms with Gasteiger partial charge < -0.3 is 76.4 Å². The van der Waals surface area contributed by atoms with Gasteiger partial charge in [-0.15, -0.1) is 0 Å². The van der Waals surface area contributed by atoms with Gasteiger partial charge in [0, 0.05) is 70.4 Å². The third-order valence-corrected chi connectivity index (χ3v) is 14.3. The molecular weight excluding hydrogens is 1140 g/mol. The van der Waals surface area contributed by atoms with Gasteiger partial charge in [-0.3, -0.25) is 24.2 Å². The van der Waals surface area contributed by atoms with E-state index in [0.29, 0.717) is 141 Å². The maximum atomic E-state index is 13.7. The van der Waals surface area contributed by atoms with E-state index >= 15 is 0 Å². The standard InChI is InChI=1S/C58H80N10O17S/c69-50(70)20-19-48(55(77)78)66-57(81)65-47(54(75)76)12-4-5-21-59-52(72)45(13-6-10-39-8-2-1-3-9-39)64-51(71)41-17-15-40(16-18-41)36-60-58(86)63-43-34-44(62-49(35-43)56(79)80)38-68-24-28-84-32-30-82-26-22-67(23-27-83-31-33-85-29-25-68)37-42-11-7-14-46(61-42)53(73)74/h1-3,6-11,14,34-35,40-41,45,47-48H,4-5,12-13,15-33,36-38H2,(H,59,72)(H,64,71)(H,69,70)(H,73,74)(H,75,76)(H,77,78)(H,79,80)(H2,65,66,81)(H2,60,62,63,86)/b10-6+/t40?,41?,45-,47+,48+/m1/s1. The molecule has 0 radical (unpaired) electrons. The molecule has 1 aromatic carbocycles. The molecule has 5 rings (SSSR count). The number of ether oxygens (including phenoxy) is 4. The first-order valence-electron chi connectivity index (χ1n) is 28.7. The number of amides is 4. The summed E-state index contributed by atoms with van der Waals surface area (Å²) in [7, 11) is 0. The second kappa shape index (κ2) is 38.3. The van der Waals surface area contributed by atoms with Gasteiger partial charge in [-0.25, -0.2) is 33.9 Å². The molecule has 1 saturated heterocycles. The summed E-state index contributed by atoms with van der Waals surface area (Å²) < 4.78 is 23.5. The molecular formula is C58H80N10O17S. The molecule has 28 heteroatoms. The van der Waals surface area contributed by atoms with Crippen LogP contribution < -0.4 is 31.9 Å². The molecule has 0 unspecified atom stereocenters. The molecule has 2 fully saturated rings. The first-order chi connectivity index (χ1) is 41.4. The van der Waals surface area contributed by atoms with Gasteiger partial charge in [0.25, 0.3) is 0 Å². The molecule has 27 nitrogen and oxygen atoms in total. The summed E-state index contributed by atoms with van der Waals surface area (Å²) in [5.74, 6) is -7.32. The van der Waals surface area contributed by atoms with E-state index in [2.05, 4.69) is 51.7 Å². The number of rotatable bonds is 27. The van der Waals surface area contributed by atoms with Crippen molar-refractivity contribution in [1.82, 2.24) is 46.4 Å². The van der Waals surface area contributed by atoms with Gasteiger partial charge in [0.1, 0.15) is 23.8 Å². The van der Waals surface area contributed by atoms with E-state index in [-0.39, 0.29) is 66.6 Å². The van der Waals surface area contributed by atoms with Gasteiger partial charge in [-0.05, 0) is 106 Å². The third kappa shape index (κ3) is 27.1. The summed E-state index contributed by atoms with van der Waals surface area (Å²) in [5, 5.41) is 64.0. The number of carbonyl (C=O) groups excluding carboxylic acids is 3. The normalized spacial score (nSPS) is 18.1. The van der Waals surface area contributed by atoms with Crippen LogP contribution in [-0.2, 0) is 56.0 Å². The Bertz CT molecular complexity index is 2700. The number of carboxylic acid groups (broad SMARTS) is 5. The Labute approximate surface area is 504 Å². The van der Waals surface area contributed by atoms with Crippen molar-refractivity contribution < 1.29 is 82.8 Å². The number of benzene rings is 1. The van der Waals surface area contributed by atoms with Crippen molar-refractivity contribution in [2.45, 2.75) is 95.4 Å². The number of thiocarbonyl (C=S) groups is 1. The number of anilines is 1. The molecule has 0 bridgehead atoms. The Hall–Kier alpha value is -7.73. The number of carbonyl (C=O) groups is 8. The van der Waals surface area contributed by atoms with Crippen molar-refractivity contribution >= 4 is 76.8 Å². The zero-order chi connectivity index (χ0) is 62.1. The number of pyridine rings is 2. The van der Waals surface area contributed by atoms with E-state index in [9.17, 15) is 58.8 Å². The predicted molar refractivity (Wildman–Crippen MR) is 316 cm³/mol. The fourth-order valence-corrected chi connectivity index (χ4v) is 9.57. The SMILES string of the molecule is O=C(O)CC[C@H](NC(=O)N[C@@H](CCCCNC(=O)[C@@H](C/C=C/c1ccccc1)NC(=O)C1CCC(CNC(=S)Nc2cc(CN3CCOCCOCCN(Cc4cccc(C(=O)O)n4)CCOCCOCC3)nc(C(=O)O)c2)CC1)C(=O)O)C(=O)O. The maximum absolute atomic E-state index is 13.7. The van der Waals surface area contributed by atoms with Crippen molar-refractivity contribution in [3.63, 3.8) is 0 Å². The van der Waals surface area contributed by atoms with Gasteiger partial charge >= 0.3 is 35.9 Å². The predicted octanol–water partition coefficient (Wildman–Crippen LogP) is 3.30. The Kier molecular flexibility index (Phi) is 30.8. The van der Waals surface area contributed by atoms with Crippen LogP contribution in [0, 0.1) is 11.8 Å². The van der Waals surface area contributed by atoms with Gasteiger partial charge in [0.2, 0.25) is 11.8 Å². The van der Waals surface area contributed by atoms with Crippen LogP contribution in [0.5, 0.6) is 0 Å². The average molecular weight is 1220 g/mol. The first kappa shape index (κ1) is 69.0. The molecule has 1 aliphatic heterocycles. The zero-order valence-electron chi connectivity index (χ0n) is 48.0. The molecule has 4 amide bonds. The summed E-state index contributed by atoms with van der Waals surface area (Å²) >= 11 is 5.66. The Balaban J connectivity index is 1.06. The quantitative estimate of drug-likeness (QED) is 0.0385. The number of hydrogen-bond donors (Lipinski definition) is 11. The molecule has 0 spiro atoms. The van der Waals surface area contributed by atoms with Crippen molar-refractivity contribution in [3.8, 4) is 0 Å². The van der Waals surface area contributed by atoms with Crippen LogP contribution in [0.2, 0.25) is 0 Å². The monoisotopic (exact) mass is 1220 g/mol. The van der Waals surface area contributed by atoms with Crippen LogP contribution in [0.4, 0.5) is 10.5 Å². The number of carboxylic acids is 5. The van der Waals surface area contributed by atoms with Crippen LogP contribution in [0.1, 0.15) is 102 Å². The van der Waals surface area contributed by atoms with Gasteiger partial charge in [0.15, 0.2) is 10.8 Å². The highest BCUT2D eigenvalue weighted by Crippen LogP contribution is 2.29. The van der Waals surface area contributed by atoms with Crippen molar-refractivity contribution in [1.29, 1.82) is 0 Å². The second-order valence-electron chi connectivity index (χ2n) is 20.6. The fourth-order valence-electron chi connectivity index (χ4n) is 9.37. The van der Waals surface area contributed by atoms with Crippen LogP contribution in [0.3, 0.4) is 0 Å². The highest BCUT2D eigenvalue weighted by molar-refractivity contribution is 7.80. The molecule has 1 aliphatic carbocycles. The zero-order valence-corrected chi connectivity index (χ0v) is 48.8. The number of aromatic nitrogens is 2. The van der Waals surface area contributed by atoms with E-state index < -0.39 is 72.8 Å². The molecule has 2 aliphatic rings. The lowest BCUT2D eigenvalue weighted by molar-refractivity contribution is -0.141. The van der Waals surface area contributed by atoms with Crippen LogP contribution in [0.25, 0.3) is 6.08 Å². The minimum Gasteiger partial charge on any atom is -0.481 e. The summed E-state index contributed by atoms with van der Waals surface area (Å²) in [6, 6.07) is 12.5. The summed E-state index contributed by atoms with van der Waals surface area (Å²) in [5.41, 5.74) is 2.26. The lowest BCUT2D eigenvalue weighted by atomic mass is 9.81. The van der Waals surface area contributed by atoms with E-state index in [4.69, 9.17) is 36.3 Å². The molecule has 3 aromatic rings. The number of aliphatic carboxylic acids is 3. The van der Waals surface area contributed by atoms with Crippen LogP contribution in [0.15, 0.2) is 66.7 Å². The van der Waals surface area contributed by atoms with E-state index in [1.54, 1.807) is 24.3 Å². The minimum atomic E-state index is -1.54. The third-order valence-electron chi connectivity index (χ3n) is 14.1. The van der Waals surface area contributed by atoms with Crippen LogP contribution in [-0.4, -0.2) is 208 Å². The highest BCUT2D eigenvalue weighted by Gasteiger charge is 2.30. The first-order valence-corrected chi connectivity index (χ1v) is 29.1. The molecule has 3 heterocycles. The molecule has 2 aromatic heterocycles. The lowest BCUT2D eigenvalue weighted by Crippen LogP contribution is -2.51. The van der Waals surface area contributed by atoms with Gasteiger partial charge in [-0.2, -0.15) is 0 Å². The lowest BCUT2D eigenvalue weighted by Gasteiger charge is -2.29. The molecule has 1 saturated carbocycles. The fraction of sp³-hybridized carbons (Fsp3) is 0.534. The second-order valence-corrected chi connectivity index (χ2v) is 21.0. The molecule has 3 atom stereocenters. The van der Waals surface area contributed by atoms with E-state index in [1.807, 2.05) is 36.4 Å². The number of aromatic carboxylic acids is 2. The van der Waals surface area contributed by atoms with E-state index in [0.717, 1.165) is 5.56 Å². The summed E-state index contributed by atoms with van der Waals surface area (Å²) in [6.45, 7) is 6.34. The minimum absolute atomic E-state index is 0.0190. The summed E-state index contributed by atoms with van der Waals surface area (Å²) in [4.78, 5) is 111. The van der Waals surface area contributed by atoms with Crippen LogP contribution >= 0.6 is 12.2 Å². The number of nitrogens with one attached hydrogen (secondary N) is 6. The van der Waals surface area contributed by atoms with Crippen molar-refractivity contribution in [2.24, 2.45) is 11.8 Å². The molecule has 86 heavy (non-hydrogen) atoms. The number of unbranched alkanes of at least 4 members (excludes halogenated alkanes) is 1. The Morgan fingerprint density at radius 1 is 0.616 bits per heavy atom. The topological polar surface area (TPSA) is 379 Å². The smallest absolute Gasteiger partial charge is 0.354 e. The number of hydrogen-bond acceptors (Lipinski definition) is 17. The maximum Gasteiger partial charge on any atom is 0.354 e. The highest BCUT2D eigenvalue weighted by atomic mass is 32.1. The molecule has 11 N–H and O–H groups in total. The molecule has 470 valence electrons.